The van der Waals surface area contributed by atoms with Gasteiger partial charge in [-0.1, -0.05) is 13.0 Å². The first kappa shape index (κ1) is 17.6. The Balaban J connectivity index is 1.46. The number of benzene rings is 1. The number of nitrogens with one attached hydrogen (secondary N) is 1. The molecule has 6 heteroatoms. The van der Waals surface area contributed by atoms with Gasteiger partial charge in [-0.2, -0.15) is 0 Å². The highest BCUT2D eigenvalue weighted by molar-refractivity contribution is 5.76. The van der Waals surface area contributed by atoms with Crippen molar-refractivity contribution < 1.29 is 13.6 Å². The number of aromatic nitrogens is 2. The van der Waals surface area contributed by atoms with Crippen LogP contribution in [-0.2, 0) is 24.2 Å². The minimum absolute atomic E-state index is 0.0580. The summed E-state index contributed by atoms with van der Waals surface area (Å²) < 4.78 is 28.2. The van der Waals surface area contributed by atoms with Crippen LogP contribution in [0.15, 0.2) is 30.6 Å². The smallest absolute Gasteiger partial charge is 0.220 e. The number of hydrogen-bond acceptors (Lipinski definition) is 2. The minimum atomic E-state index is -0.873. The fourth-order valence-electron chi connectivity index (χ4n) is 3.05. The average molecular weight is 347 g/mol. The zero-order valence-corrected chi connectivity index (χ0v) is 14.4. The first-order chi connectivity index (χ1) is 12.0. The van der Waals surface area contributed by atoms with Crippen molar-refractivity contribution in [3.8, 4) is 0 Å². The second-order valence-corrected chi connectivity index (χ2v) is 6.85. The lowest BCUT2D eigenvalue weighted by Gasteiger charge is -2.18. The molecule has 4 nitrogen and oxygen atoms in total. The van der Waals surface area contributed by atoms with Gasteiger partial charge >= 0.3 is 0 Å². The van der Waals surface area contributed by atoms with E-state index in [0.717, 1.165) is 43.8 Å². The Morgan fingerprint density at radius 3 is 2.80 bits per heavy atom. The van der Waals surface area contributed by atoms with Crippen LogP contribution in [0.1, 0.15) is 37.6 Å². The largest absolute Gasteiger partial charge is 0.355 e. The van der Waals surface area contributed by atoms with E-state index in [1.54, 1.807) is 0 Å². The third-order valence-corrected chi connectivity index (χ3v) is 4.87. The molecule has 1 aliphatic rings. The van der Waals surface area contributed by atoms with Gasteiger partial charge in [0, 0.05) is 43.7 Å². The number of carbonyl (C=O) groups excluding carboxylic acids is 1. The maximum Gasteiger partial charge on any atom is 0.220 e. The second-order valence-electron chi connectivity index (χ2n) is 6.85. The van der Waals surface area contributed by atoms with E-state index in [1.807, 2.05) is 12.4 Å². The molecular formula is C19H23F2N3O. The predicted molar refractivity (Wildman–Crippen MR) is 91.0 cm³/mol. The van der Waals surface area contributed by atoms with E-state index in [4.69, 9.17) is 0 Å². The zero-order valence-electron chi connectivity index (χ0n) is 14.4. The van der Waals surface area contributed by atoms with Gasteiger partial charge in [-0.25, -0.2) is 13.8 Å². The Bertz CT molecular complexity index is 753. The molecule has 1 saturated carbocycles. The van der Waals surface area contributed by atoms with Crippen molar-refractivity contribution in [1.82, 2.24) is 14.9 Å². The monoisotopic (exact) mass is 347 g/mol. The molecule has 1 N–H and O–H groups in total. The zero-order chi connectivity index (χ0) is 17.9. The Labute approximate surface area is 146 Å². The van der Waals surface area contributed by atoms with E-state index in [1.165, 1.54) is 6.07 Å². The molecule has 1 amide bonds. The van der Waals surface area contributed by atoms with Crippen molar-refractivity contribution in [1.29, 1.82) is 0 Å². The summed E-state index contributed by atoms with van der Waals surface area (Å²) in [6.45, 7) is 3.60. The van der Waals surface area contributed by atoms with Crippen molar-refractivity contribution in [2.24, 2.45) is 5.41 Å². The molecule has 1 aliphatic carbocycles. The SMILES string of the molecule is CCc1nccn1CC1(CNC(=O)CCc2ccc(F)c(F)c2)CC1. The van der Waals surface area contributed by atoms with Crippen molar-refractivity contribution >= 4 is 5.91 Å². The van der Waals surface area contributed by atoms with E-state index < -0.39 is 11.6 Å². The molecule has 25 heavy (non-hydrogen) atoms. The van der Waals surface area contributed by atoms with Crippen LogP contribution in [0.25, 0.3) is 0 Å². The lowest BCUT2D eigenvalue weighted by atomic mass is 10.1. The van der Waals surface area contributed by atoms with Gasteiger partial charge in [0.05, 0.1) is 0 Å². The molecule has 0 spiro atoms. The van der Waals surface area contributed by atoms with E-state index in [0.29, 0.717) is 18.5 Å². The normalized spacial score (nSPS) is 15.2. The molecule has 0 aliphatic heterocycles. The number of halogens is 2. The lowest BCUT2D eigenvalue weighted by Crippen LogP contribution is -2.32. The third-order valence-electron chi connectivity index (χ3n) is 4.87. The molecule has 0 unspecified atom stereocenters. The molecule has 0 radical (unpaired) electrons. The molecule has 2 aromatic rings. The summed E-state index contributed by atoms with van der Waals surface area (Å²) in [7, 11) is 0. The number of rotatable bonds is 8. The lowest BCUT2D eigenvalue weighted by molar-refractivity contribution is -0.121. The van der Waals surface area contributed by atoms with Gasteiger partial charge < -0.3 is 9.88 Å². The van der Waals surface area contributed by atoms with Crippen molar-refractivity contribution in [3.63, 3.8) is 0 Å². The quantitative estimate of drug-likeness (QED) is 0.797. The van der Waals surface area contributed by atoms with Gasteiger partial charge in [-0.15, -0.1) is 0 Å². The molecule has 1 aromatic heterocycles. The van der Waals surface area contributed by atoms with Crippen LogP contribution in [0.4, 0.5) is 8.78 Å². The fourth-order valence-corrected chi connectivity index (χ4v) is 3.05. The molecule has 1 heterocycles. The van der Waals surface area contributed by atoms with E-state index in [-0.39, 0.29) is 17.7 Å². The maximum absolute atomic E-state index is 13.2. The highest BCUT2D eigenvalue weighted by Crippen LogP contribution is 2.46. The number of imidazole rings is 1. The van der Waals surface area contributed by atoms with Crippen LogP contribution in [-0.4, -0.2) is 22.0 Å². The summed E-state index contributed by atoms with van der Waals surface area (Å²) in [6, 6.07) is 3.76. The summed E-state index contributed by atoms with van der Waals surface area (Å²) in [5.74, 6) is -0.731. The van der Waals surface area contributed by atoms with Crippen LogP contribution >= 0.6 is 0 Å². The topological polar surface area (TPSA) is 46.9 Å². The first-order valence-corrected chi connectivity index (χ1v) is 8.72. The Kier molecular flexibility index (Phi) is 5.16. The predicted octanol–water partition coefficient (Wildman–Crippen LogP) is 3.25. The average Bonchev–Trinajstić information content (AvgIpc) is 3.22. The second kappa shape index (κ2) is 7.33. The molecule has 134 valence electrons. The molecule has 1 aromatic carbocycles. The minimum Gasteiger partial charge on any atom is -0.355 e. The molecule has 0 bridgehead atoms. The standard InChI is InChI=1S/C19H23F2N3O/c1-2-17-22-9-10-24(17)13-19(7-8-19)12-23-18(25)6-4-14-3-5-15(20)16(21)11-14/h3,5,9-11H,2,4,6-8,12-13H2,1H3,(H,23,25). The summed E-state index contributed by atoms with van der Waals surface area (Å²) in [5, 5.41) is 2.99. The van der Waals surface area contributed by atoms with Crippen LogP contribution in [0.5, 0.6) is 0 Å². The van der Waals surface area contributed by atoms with Crippen LogP contribution in [0, 0.1) is 17.0 Å². The van der Waals surface area contributed by atoms with Gasteiger partial charge in [0.25, 0.3) is 0 Å². The Morgan fingerprint density at radius 1 is 1.32 bits per heavy atom. The van der Waals surface area contributed by atoms with Crippen LogP contribution in [0.2, 0.25) is 0 Å². The molecule has 0 saturated heterocycles. The molecular weight excluding hydrogens is 324 g/mol. The molecule has 3 rings (SSSR count). The highest BCUT2D eigenvalue weighted by Gasteiger charge is 2.43. The summed E-state index contributed by atoms with van der Waals surface area (Å²) >= 11 is 0. The number of carbonyl (C=O) groups is 1. The van der Waals surface area contributed by atoms with Crippen molar-refractivity contribution in [3.05, 3.63) is 53.6 Å². The van der Waals surface area contributed by atoms with Gasteiger partial charge in [-0.05, 0) is 37.0 Å². The van der Waals surface area contributed by atoms with E-state index in [9.17, 15) is 13.6 Å². The number of amides is 1. The van der Waals surface area contributed by atoms with Crippen LogP contribution < -0.4 is 5.32 Å². The van der Waals surface area contributed by atoms with E-state index >= 15 is 0 Å². The van der Waals surface area contributed by atoms with Gasteiger partial charge in [-0.3, -0.25) is 4.79 Å². The van der Waals surface area contributed by atoms with Crippen LogP contribution in [0.3, 0.4) is 0 Å². The number of nitrogens with zero attached hydrogens (tertiary/aromatic N) is 2. The van der Waals surface area contributed by atoms with Crippen molar-refractivity contribution in [2.75, 3.05) is 6.54 Å². The van der Waals surface area contributed by atoms with Crippen molar-refractivity contribution in [2.45, 2.75) is 45.6 Å². The highest BCUT2D eigenvalue weighted by atomic mass is 19.2. The molecule has 0 atom stereocenters. The molecule has 1 fully saturated rings. The Morgan fingerprint density at radius 2 is 2.12 bits per heavy atom. The van der Waals surface area contributed by atoms with Gasteiger partial charge in [0.15, 0.2) is 11.6 Å². The summed E-state index contributed by atoms with van der Waals surface area (Å²) in [4.78, 5) is 16.4. The first-order valence-electron chi connectivity index (χ1n) is 8.72. The van der Waals surface area contributed by atoms with E-state index in [2.05, 4.69) is 21.8 Å². The van der Waals surface area contributed by atoms with Gasteiger partial charge in [0.1, 0.15) is 5.82 Å². The number of aryl methyl sites for hydroxylation is 2. The number of hydrogen-bond donors (Lipinski definition) is 1. The third kappa shape index (κ3) is 4.44. The fraction of sp³-hybridized carbons (Fsp3) is 0.474. The maximum atomic E-state index is 13.2. The summed E-state index contributed by atoms with van der Waals surface area (Å²) in [6.07, 6.45) is 7.56. The Hall–Kier alpha value is -2.24. The van der Waals surface area contributed by atoms with Gasteiger partial charge in [0.2, 0.25) is 5.91 Å². The summed E-state index contributed by atoms with van der Waals surface area (Å²) in [5.41, 5.74) is 0.753.